The predicted octanol–water partition coefficient (Wildman–Crippen LogP) is 1.83. The van der Waals surface area contributed by atoms with Gasteiger partial charge in [0.1, 0.15) is 0 Å². The van der Waals surface area contributed by atoms with Crippen LogP contribution in [0.15, 0.2) is 8.94 Å². The van der Waals surface area contributed by atoms with Crippen LogP contribution < -0.4 is 5.73 Å². The van der Waals surface area contributed by atoms with Crippen molar-refractivity contribution in [2.45, 2.75) is 39.2 Å². The van der Waals surface area contributed by atoms with Gasteiger partial charge in [-0.05, 0) is 32.9 Å². The first-order chi connectivity index (χ1) is 10.1. The third-order valence-corrected chi connectivity index (χ3v) is 3.77. The maximum Gasteiger partial charge on any atom is 0.295 e. The summed E-state index contributed by atoms with van der Waals surface area (Å²) in [5.74, 6) is 1.97. The Kier molecular flexibility index (Phi) is 4.03. The van der Waals surface area contributed by atoms with Gasteiger partial charge in [-0.1, -0.05) is 11.6 Å². The second-order valence-electron chi connectivity index (χ2n) is 5.57. The molecule has 7 heteroatoms. The number of hydrogen-bond acceptors (Lipinski definition) is 7. The SMILES string of the molecule is Cc1nc(C)c(-c2nc(C(N)CN3CCCCC3)no2)o1. The largest absolute Gasteiger partial charge is 0.436 e. The Morgan fingerprint density at radius 2 is 1.95 bits per heavy atom. The first kappa shape index (κ1) is 14.2. The topological polar surface area (TPSA) is 94.2 Å². The fraction of sp³-hybridized carbons (Fsp3) is 0.643. The minimum atomic E-state index is -0.245. The lowest BCUT2D eigenvalue weighted by molar-refractivity contribution is 0.213. The van der Waals surface area contributed by atoms with Crippen LogP contribution in [0.4, 0.5) is 0 Å². The monoisotopic (exact) mass is 291 g/mol. The van der Waals surface area contributed by atoms with Crippen LogP contribution in [0.25, 0.3) is 11.7 Å². The van der Waals surface area contributed by atoms with E-state index in [1.807, 2.05) is 6.92 Å². The van der Waals surface area contributed by atoms with E-state index in [0.29, 0.717) is 23.4 Å². The molecule has 1 aliphatic rings. The van der Waals surface area contributed by atoms with Crippen molar-refractivity contribution in [3.05, 3.63) is 17.4 Å². The summed E-state index contributed by atoms with van der Waals surface area (Å²) in [4.78, 5) is 10.9. The molecule has 1 fully saturated rings. The van der Waals surface area contributed by atoms with Gasteiger partial charge in [0.05, 0.1) is 11.7 Å². The number of likely N-dealkylation sites (tertiary alicyclic amines) is 1. The number of aromatic nitrogens is 3. The van der Waals surface area contributed by atoms with Gasteiger partial charge in [0, 0.05) is 13.5 Å². The zero-order valence-corrected chi connectivity index (χ0v) is 12.5. The smallest absolute Gasteiger partial charge is 0.295 e. The number of nitrogens with zero attached hydrogens (tertiary/aromatic N) is 4. The van der Waals surface area contributed by atoms with Crippen molar-refractivity contribution in [1.29, 1.82) is 0 Å². The van der Waals surface area contributed by atoms with Crippen LogP contribution in [0.1, 0.15) is 42.7 Å². The van der Waals surface area contributed by atoms with Crippen LogP contribution in [-0.2, 0) is 0 Å². The van der Waals surface area contributed by atoms with Gasteiger partial charge in [0.25, 0.3) is 5.89 Å². The van der Waals surface area contributed by atoms with Crippen LogP contribution in [0.2, 0.25) is 0 Å². The minimum absolute atomic E-state index is 0.245. The molecule has 0 spiro atoms. The van der Waals surface area contributed by atoms with Gasteiger partial charge in [-0.2, -0.15) is 4.98 Å². The highest BCUT2D eigenvalue weighted by molar-refractivity contribution is 5.47. The van der Waals surface area contributed by atoms with Gasteiger partial charge in [-0.15, -0.1) is 0 Å². The van der Waals surface area contributed by atoms with Crippen molar-refractivity contribution in [2.75, 3.05) is 19.6 Å². The number of aryl methyl sites for hydroxylation is 2. The van der Waals surface area contributed by atoms with Gasteiger partial charge in [0.2, 0.25) is 5.76 Å². The van der Waals surface area contributed by atoms with Crippen LogP contribution in [-0.4, -0.2) is 39.7 Å². The second-order valence-corrected chi connectivity index (χ2v) is 5.57. The van der Waals surface area contributed by atoms with E-state index in [1.54, 1.807) is 6.92 Å². The van der Waals surface area contributed by atoms with E-state index in [9.17, 15) is 0 Å². The molecule has 2 aromatic rings. The molecule has 2 aromatic heterocycles. The maximum absolute atomic E-state index is 6.19. The standard InChI is InChI=1S/C14H21N5O2/c1-9-12(20-10(2)16-9)14-17-13(18-21-14)11(15)8-19-6-4-3-5-7-19/h11H,3-8,15H2,1-2H3. The number of hydrogen-bond donors (Lipinski definition) is 1. The predicted molar refractivity (Wildman–Crippen MR) is 76.5 cm³/mol. The van der Waals surface area contributed by atoms with E-state index in [1.165, 1.54) is 19.3 Å². The molecular formula is C14H21N5O2. The van der Waals surface area contributed by atoms with E-state index in [-0.39, 0.29) is 6.04 Å². The van der Waals surface area contributed by atoms with Crippen molar-refractivity contribution in [1.82, 2.24) is 20.0 Å². The molecule has 7 nitrogen and oxygen atoms in total. The van der Waals surface area contributed by atoms with E-state index >= 15 is 0 Å². The minimum Gasteiger partial charge on any atom is -0.436 e. The fourth-order valence-corrected chi connectivity index (χ4v) is 2.71. The molecular weight excluding hydrogens is 270 g/mol. The molecule has 0 amide bonds. The normalized spacial score (nSPS) is 18.0. The molecule has 1 atom stereocenters. The number of rotatable bonds is 4. The third-order valence-electron chi connectivity index (χ3n) is 3.77. The fourth-order valence-electron chi connectivity index (χ4n) is 2.71. The zero-order valence-electron chi connectivity index (χ0n) is 12.5. The first-order valence-electron chi connectivity index (χ1n) is 7.39. The summed E-state index contributed by atoms with van der Waals surface area (Å²) in [6.45, 7) is 6.59. The third kappa shape index (κ3) is 3.14. The average molecular weight is 291 g/mol. The van der Waals surface area contributed by atoms with Crippen LogP contribution in [0, 0.1) is 13.8 Å². The maximum atomic E-state index is 6.19. The van der Waals surface area contributed by atoms with Gasteiger partial charge in [-0.25, -0.2) is 4.98 Å². The molecule has 1 unspecified atom stereocenters. The molecule has 3 heterocycles. The summed E-state index contributed by atoms with van der Waals surface area (Å²) in [6.07, 6.45) is 3.78. The van der Waals surface area contributed by atoms with Crippen molar-refractivity contribution in [2.24, 2.45) is 5.73 Å². The Morgan fingerprint density at radius 3 is 2.62 bits per heavy atom. The molecule has 114 valence electrons. The van der Waals surface area contributed by atoms with E-state index in [4.69, 9.17) is 14.7 Å². The van der Waals surface area contributed by atoms with Crippen molar-refractivity contribution >= 4 is 0 Å². The number of nitrogens with two attached hydrogens (primary N) is 1. The summed E-state index contributed by atoms with van der Waals surface area (Å²) < 4.78 is 10.7. The molecule has 0 aliphatic carbocycles. The van der Waals surface area contributed by atoms with Crippen molar-refractivity contribution in [3.63, 3.8) is 0 Å². The van der Waals surface area contributed by atoms with Crippen LogP contribution >= 0.6 is 0 Å². The summed E-state index contributed by atoms with van der Waals surface area (Å²) in [5.41, 5.74) is 6.93. The molecule has 3 rings (SSSR count). The van der Waals surface area contributed by atoms with Crippen LogP contribution in [0.3, 0.4) is 0 Å². The Morgan fingerprint density at radius 1 is 1.19 bits per heavy atom. The van der Waals surface area contributed by atoms with Gasteiger partial charge in [-0.3, -0.25) is 0 Å². The lowest BCUT2D eigenvalue weighted by Crippen LogP contribution is -2.36. The van der Waals surface area contributed by atoms with E-state index in [0.717, 1.165) is 25.3 Å². The first-order valence-corrected chi connectivity index (χ1v) is 7.39. The number of piperidine rings is 1. The van der Waals surface area contributed by atoms with Gasteiger partial charge < -0.3 is 19.6 Å². The van der Waals surface area contributed by atoms with Gasteiger partial charge >= 0.3 is 0 Å². The van der Waals surface area contributed by atoms with E-state index < -0.39 is 0 Å². The highest BCUT2D eigenvalue weighted by Crippen LogP contribution is 2.23. The molecule has 0 saturated carbocycles. The zero-order chi connectivity index (χ0) is 14.8. The molecule has 1 saturated heterocycles. The highest BCUT2D eigenvalue weighted by Gasteiger charge is 2.22. The molecule has 0 bridgehead atoms. The lowest BCUT2D eigenvalue weighted by atomic mass is 10.1. The Balaban J connectivity index is 1.70. The quantitative estimate of drug-likeness (QED) is 0.918. The van der Waals surface area contributed by atoms with Crippen LogP contribution in [0.5, 0.6) is 0 Å². The lowest BCUT2D eigenvalue weighted by Gasteiger charge is -2.27. The summed E-state index contributed by atoms with van der Waals surface area (Å²) in [5, 5.41) is 3.98. The molecule has 1 aliphatic heterocycles. The number of oxazole rings is 1. The molecule has 0 radical (unpaired) electrons. The summed E-state index contributed by atoms with van der Waals surface area (Å²) in [6, 6.07) is -0.245. The highest BCUT2D eigenvalue weighted by atomic mass is 16.5. The summed E-state index contributed by atoms with van der Waals surface area (Å²) in [7, 11) is 0. The van der Waals surface area contributed by atoms with E-state index in [2.05, 4.69) is 20.0 Å². The Hall–Kier alpha value is -1.73. The van der Waals surface area contributed by atoms with Gasteiger partial charge in [0.15, 0.2) is 11.7 Å². The molecule has 2 N–H and O–H groups in total. The van der Waals surface area contributed by atoms with Crippen molar-refractivity contribution in [3.8, 4) is 11.7 Å². The van der Waals surface area contributed by atoms with Crippen molar-refractivity contribution < 1.29 is 8.94 Å². The molecule has 0 aromatic carbocycles. The Labute approximate surface area is 123 Å². The second kappa shape index (κ2) is 5.95. The Bertz CT molecular complexity index is 600. The summed E-state index contributed by atoms with van der Waals surface area (Å²) >= 11 is 0. The average Bonchev–Trinajstić information content (AvgIpc) is 3.06. The molecule has 21 heavy (non-hydrogen) atoms.